The Morgan fingerprint density at radius 1 is 0.312 bits per heavy atom. The molecule has 1 aliphatic heterocycles. The average Bonchev–Trinajstić information content (AvgIpc) is 1.55. The lowest BCUT2D eigenvalue weighted by atomic mass is 9.81. The highest BCUT2D eigenvalue weighted by molar-refractivity contribution is 6.20. The Morgan fingerprint density at radius 3 is 1.50 bits per heavy atom. The summed E-state index contributed by atoms with van der Waals surface area (Å²) in [5.41, 5.74) is 28.5. The summed E-state index contributed by atoms with van der Waals surface area (Å²) in [6.45, 7) is 4.75. The average molecular weight is 1400 g/mol. The van der Waals surface area contributed by atoms with Crippen molar-refractivity contribution in [1.29, 1.82) is 0 Å². The molecule has 23 rings (SSSR count). The van der Waals surface area contributed by atoms with Crippen LogP contribution in [-0.4, -0.2) is 39.0 Å². The van der Waals surface area contributed by atoms with Crippen molar-refractivity contribution in [3.8, 4) is 119 Å². The van der Waals surface area contributed by atoms with Crippen LogP contribution in [0, 0.1) is 0 Å². The van der Waals surface area contributed by atoms with Crippen molar-refractivity contribution >= 4 is 93.1 Å². The standard InChI is InChI=1S/C99H62N8O2/c1-99(2)79-54-63(57-40-42-61(43-41-57)96-101-95(60-26-11-5-12-27-60)102-97(105-96)71-33-20-37-86-89(71)78-50-62(46-49-85(78)108-86)65-52-76-69-30-15-17-35-81(69)107-82-36-18-16-31-70(82)77(53-65)92(76)107)44-47-68(79)73-55-75-74-51-64(45-48-83(74)106(84(75)56-80(73)99)66-28-13-6-14-29-66)67-32-19-38-87-90(67)91-72(34-21-39-88(91)109-87)98-103-93(58-22-7-3-8-23-58)100-94(104-98)59-24-9-4-10-25-59/h3-35,37-56,82H,36H2,1-2H3. The number of para-hydroxylation sites is 2. The van der Waals surface area contributed by atoms with Gasteiger partial charge in [0.1, 0.15) is 22.3 Å². The number of rotatable bonds is 10. The third kappa shape index (κ3) is 9.34. The smallest absolute Gasteiger partial charge is 0.164 e. The van der Waals surface area contributed by atoms with Crippen molar-refractivity contribution in [2.45, 2.75) is 31.7 Å². The number of aromatic nitrogens is 8. The molecule has 0 fully saturated rings. The first-order chi connectivity index (χ1) is 53.8. The minimum Gasteiger partial charge on any atom is -0.456 e. The van der Waals surface area contributed by atoms with E-state index in [1.54, 1.807) is 0 Å². The van der Waals surface area contributed by atoms with Crippen LogP contribution in [0.25, 0.3) is 212 Å². The van der Waals surface area contributed by atoms with Crippen LogP contribution >= 0.6 is 0 Å². The molecule has 20 aromatic rings. The van der Waals surface area contributed by atoms with Crippen LogP contribution < -0.4 is 0 Å². The minimum atomic E-state index is -0.336. The van der Waals surface area contributed by atoms with Crippen molar-refractivity contribution in [2.75, 3.05) is 0 Å². The van der Waals surface area contributed by atoms with Gasteiger partial charge in [-0.3, -0.25) is 0 Å². The van der Waals surface area contributed by atoms with Crippen molar-refractivity contribution in [3.05, 3.63) is 338 Å². The van der Waals surface area contributed by atoms with Crippen molar-refractivity contribution < 1.29 is 8.83 Å². The second kappa shape index (κ2) is 23.4. The molecule has 2 aliphatic carbocycles. The summed E-state index contributed by atoms with van der Waals surface area (Å²) in [7, 11) is 0. The third-order valence-corrected chi connectivity index (χ3v) is 23.1. The maximum atomic E-state index is 6.79. The Labute approximate surface area is 625 Å². The molecule has 1 unspecified atom stereocenters. The topological polar surface area (TPSA) is 113 Å². The summed E-state index contributed by atoms with van der Waals surface area (Å²) in [4.78, 5) is 31.4. The van der Waals surface area contributed by atoms with Crippen LogP contribution in [0.5, 0.6) is 0 Å². The maximum Gasteiger partial charge on any atom is 0.164 e. The van der Waals surface area contributed by atoms with E-state index in [4.69, 9.17) is 38.7 Å². The van der Waals surface area contributed by atoms with Crippen LogP contribution in [0.15, 0.2) is 330 Å². The number of fused-ring (bicyclic) bond motifs is 18. The SMILES string of the molecule is CC1(C)c2cc(-c3ccc(-c4nc(-c5ccccc5)nc(-c5cccc6oc7ccc(-c8cc9c%10c(c8)c8ccccc8n%10C8CC=CC=C98)cc7c56)n4)cc3)ccc2-c2cc3c4cc(-c5cccc6oc7cccc(-c8nc(-c9ccccc9)nc(-c9ccccc9)n8)c7c56)ccc4n(-c4ccccc4)c3cc21. The number of allylic oxidation sites excluding steroid dienone is 4. The molecular formula is C99H62N8O2. The van der Waals surface area contributed by atoms with Gasteiger partial charge in [0.15, 0.2) is 34.9 Å². The lowest BCUT2D eigenvalue weighted by molar-refractivity contribution is 0.661. The Kier molecular flexibility index (Phi) is 13.1. The van der Waals surface area contributed by atoms with E-state index >= 15 is 0 Å². The molecule has 14 aromatic carbocycles. The van der Waals surface area contributed by atoms with E-state index in [0.29, 0.717) is 34.9 Å². The lowest BCUT2D eigenvalue weighted by Crippen LogP contribution is -2.15. The first-order valence-electron chi connectivity index (χ1n) is 37.2. The van der Waals surface area contributed by atoms with Crippen molar-refractivity contribution in [2.24, 2.45) is 0 Å². The molecule has 0 saturated heterocycles. The largest absolute Gasteiger partial charge is 0.456 e. The van der Waals surface area contributed by atoms with E-state index in [1.165, 1.54) is 66.1 Å². The zero-order valence-corrected chi connectivity index (χ0v) is 59.3. The quantitative estimate of drug-likeness (QED) is 0.133. The van der Waals surface area contributed by atoms with Crippen LogP contribution in [-0.2, 0) is 5.41 Å². The van der Waals surface area contributed by atoms with Gasteiger partial charge in [0.2, 0.25) is 0 Å². The predicted molar refractivity (Wildman–Crippen MR) is 442 cm³/mol. The minimum absolute atomic E-state index is 0.287. The van der Waals surface area contributed by atoms with E-state index < -0.39 is 0 Å². The van der Waals surface area contributed by atoms with Gasteiger partial charge in [-0.2, -0.15) is 0 Å². The zero-order chi connectivity index (χ0) is 71.7. The van der Waals surface area contributed by atoms with Gasteiger partial charge in [-0.1, -0.05) is 244 Å². The molecule has 0 N–H and O–H groups in total. The molecule has 0 spiro atoms. The molecule has 10 nitrogen and oxygen atoms in total. The van der Waals surface area contributed by atoms with E-state index in [0.717, 1.165) is 134 Å². The molecule has 3 aliphatic rings. The summed E-state index contributed by atoms with van der Waals surface area (Å²) < 4.78 is 18.5. The fraction of sp³-hybridized carbons (Fsp3) is 0.0505. The van der Waals surface area contributed by atoms with Crippen molar-refractivity contribution in [3.63, 3.8) is 0 Å². The Bertz CT molecular complexity index is 7270. The first-order valence-corrected chi connectivity index (χ1v) is 37.2. The maximum absolute atomic E-state index is 6.79. The van der Waals surface area contributed by atoms with Gasteiger partial charge in [0.25, 0.3) is 0 Å². The van der Waals surface area contributed by atoms with Gasteiger partial charge in [-0.15, -0.1) is 0 Å². The molecule has 0 saturated carbocycles. The molecule has 109 heavy (non-hydrogen) atoms. The number of furan rings is 2. The molecule has 1 atom stereocenters. The Morgan fingerprint density at radius 2 is 0.817 bits per heavy atom. The van der Waals surface area contributed by atoms with Crippen LogP contribution in [0.4, 0.5) is 0 Å². The summed E-state index contributed by atoms with van der Waals surface area (Å²) >= 11 is 0. The highest BCUT2D eigenvalue weighted by Gasteiger charge is 2.38. The number of nitrogens with zero attached hydrogens (tertiary/aromatic N) is 8. The first kappa shape index (κ1) is 61.1. The van der Waals surface area contributed by atoms with Gasteiger partial charge < -0.3 is 18.0 Å². The number of hydrogen-bond acceptors (Lipinski definition) is 8. The summed E-state index contributed by atoms with van der Waals surface area (Å²) in [5.74, 6) is 3.53. The molecular weight excluding hydrogens is 1330 g/mol. The monoisotopic (exact) mass is 1390 g/mol. The van der Waals surface area contributed by atoms with Crippen molar-refractivity contribution in [1.82, 2.24) is 39.0 Å². The second-order valence-electron chi connectivity index (χ2n) is 29.6. The summed E-state index contributed by atoms with van der Waals surface area (Å²) in [6.07, 6.45) is 7.80. The normalized spacial score (nSPS) is 14.1. The van der Waals surface area contributed by atoms with E-state index in [-0.39, 0.29) is 11.5 Å². The highest BCUT2D eigenvalue weighted by atomic mass is 16.3. The van der Waals surface area contributed by atoms with Crippen LogP contribution in [0.3, 0.4) is 0 Å². The number of benzene rings is 14. The molecule has 7 heterocycles. The van der Waals surface area contributed by atoms with Crippen LogP contribution in [0.1, 0.15) is 43.0 Å². The Balaban J connectivity index is 0.613. The molecule has 0 amide bonds. The molecule has 0 bridgehead atoms. The molecule has 6 aromatic heterocycles. The summed E-state index contributed by atoms with van der Waals surface area (Å²) in [6, 6.07) is 108. The summed E-state index contributed by atoms with van der Waals surface area (Å²) in [5, 5.41) is 8.82. The van der Waals surface area contributed by atoms with E-state index in [2.05, 4.69) is 241 Å². The predicted octanol–water partition coefficient (Wildman–Crippen LogP) is 25.3. The van der Waals surface area contributed by atoms with Gasteiger partial charge in [-0.05, 0) is 159 Å². The number of hydrogen-bond donors (Lipinski definition) is 0. The zero-order valence-electron chi connectivity index (χ0n) is 59.3. The van der Waals surface area contributed by atoms with E-state index in [9.17, 15) is 0 Å². The third-order valence-electron chi connectivity index (χ3n) is 23.1. The lowest BCUT2D eigenvalue weighted by Gasteiger charge is -2.22. The molecule has 510 valence electrons. The van der Waals surface area contributed by atoms with E-state index in [1.807, 2.05) is 103 Å². The van der Waals surface area contributed by atoms with Crippen LogP contribution in [0.2, 0.25) is 0 Å². The fourth-order valence-electron chi connectivity index (χ4n) is 18.0. The molecule has 0 radical (unpaired) electrons. The highest BCUT2D eigenvalue weighted by Crippen LogP contribution is 2.55. The second-order valence-corrected chi connectivity index (χ2v) is 29.6. The molecule has 10 heteroatoms. The van der Waals surface area contributed by atoms with Gasteiger partial charge in [0, 0.05) is 98.7 Å². The Hall–Kier alpha value is -14.2. The van der Waals surface area contributed by atoms with Gasteiger partial charge in [0.05, 0.1) is 22.6 Å². The fourth-order valence-corrected chi connectivity index (χ4v) is 18.0. The van der Waals surface area contributed by atoms with Gasteiger partial charge in [-0.25, -0.2) is 29.9 Å². The van der Waals surface area contributed by atoms with Gasteiger partial charge >= 0.3 is 0 Å².